The number of hydrogen-bond donors (Lipinski definition) is 1. The largest absolute Gasteiger partial charge is 0.324 e. The predicted octanol–water partition coefficient (Wildman–Crippen LogP) is 4.92. The van der Waals surface area contributed by atoms with Gasteiger partial charge < -0.3 is 5.32 Å². The van der Waals surface area contributed by atoms with Gasteiger partial charge in [0.1, 0.15) is 6.04 Å². The number of nitrogens with one attached hydrogen (secondary N) is 1. The zero-order chi connectivity index (χ0) is 20.5. The van der Waals surface area contributed by atoms with E-state index in [-0.39, 0.29) is 11.8 Å². The summed E-state index contributed by atoms with van der Waals surface area (Å²) in [6.07, 6.45) is 0. The Morgan fingerprint density at radius 2 is 1.22 bits per heavy atom. The summed E-state index contributed by atoms with van der Waals surface area (Å²) in [5.41, 5.74) is 7.95. The molecule has 4 heteroatoms. The summed E-state index contributed by atoms with van der Waals surface area (Å²) in [5.74, 6) is -0.343. The molecule has 0 aliphatic carbocycles. The van der Waals surface area contributed by atoms with Crippen LogP contribution >= 0.6 is 0 Å². The van der Waals surface area contributed by atoms with E-state index in [4.69, 9.17) is 0 Å². The number of carbonyl (C=O) groups is 2. The third kappa shape index (κ3) is 4.38. The maximum absolute atomic E-state index is 13.0. The van der Waals surface area contributed by atoms with Gasteiger partial charge in [-0.25, -0.2) is 0 Å². The van der Waals surface area contributed by atoms with Gasteiger partial charge in [-0.2, -0.15) is 0 Å². The predicted molar refractivity (Wildman–Crippen MR) is 113 cm³/mol. The second-order valence-electron chi connectivity index (χ2n) is 7.58. The molecular weight excluding hydrogens is 336 g/mol. The first-order valence-corrected chi connectivity index (χ1v) is 9.29. The number of aryl methyl sites for hydroxylation is 6. The molecule has 1 unspecified atom stereocenters. The number of benzene rings is 2. The molecule has 0 spiro atoms. The van der Waals surface area contributed by atoms with Crippen LogP contribution < -0.4 is 10.2 Å². The average molecular weight is 367 g/mol. The molecule has 0 radical (unpaired) electrons. The van der Waals surface area contributed by atoms with Gasteiger partial charge in [-0.1, -0.05) is 35.4 Å². The van der Waals surface area contributed by atoms with Gasteiger partial charge in [0.2, 0.25) is 11.8 Å². The number of amides is 2. The molecule has 2 aromatic carbocycles. The second kappa shape index (κ2) is 7.95. The van der Waals surface area contributed by atoms with E-state index in [0.717, 1.165) is 44.8 Å². The molecule has 0 saturated heterocycles. The topological polar surface area (TPSA) is 49.4 Å². The van der Waals surface area contributed by atoms with E-state index in [2.05, 4.69) is 5.32 Å². The van der Waals surface area contributed by atoms with Gasteiger partial charge in [-0.15, -0.1) is 0 Å². The molecule has 27 heavy (non-hydrogen) atoms. The molecule has 0 aromatic heterocycles. The summed E-state index contributed by atoms with van der Waals surface area (Å²) < 4.78 is 0. The van der Waals surface area contributed by atoms with Crippen LogP contribution in [0.15, 0.2) is 24.3 Å². The summed E-state index contributed by atoms with van der Waals surface area (Å²) in [6, 6.07) is 7.55. The van der Waals surface area contributed by atoms with E-state index in [1.165, 1.54) is 6.92 Å². The molecule has 0 aliphatic heterocycles. The SMILES string of the molecule is CC(=O)N(c1c(C)cc(C)cc1C)C(C)C(=O)Nc1c(C)cc(C)cc1C. The van der Waals surface area contributed by atoms with Gasteiger partial charge in [0.15, 0.2) is 0 Å². The molecule has 1 N–H and O–H groups in total. The van der Waals surface area contributed by atoms with Crippen molar-refractivity contribution in [2.75, 3.05) is 10.2 Å². The lowest BCUT2D eigenvalue weighted by Crippen LogP contribution is -2.45. The minimum Gasteiger partial charge on any atom is -0.324 e. The van der Waals surface area contributed by atoms with Gasteiger partial charge in [0.25, 0.3) is 0 Å². The normalized spacial score (nSPS) is 11.9. The van der Waals surface area contributed by atoms with Gasteiger partial charge in [0, 0.05) is 12.6 Å². The van der Waals surface area contributed by atoms with Crippen LogP contribution in [0.25, 0.3) is 0 Å². The number of anilines is 2. The smallest absolute Gasteiger partial charge is 0.247 e. The number of nitrogens with zero attached hydrogens (tertiary/aromatic N) is 1. The number of hydrogen-bond acceptors (Lipinski definition) is 2. The molecule has 0 aliphatic rings. The molecule has 0 fully saturated rings. The lowest BCUT2D eigenvalue weighted by molar-refractivity contribution is -0.122. The Hall–Kier alpha value is -2.62. The van der Waals surface area contributed by atoms with Gasteiger partial charge in [-0.05, 0) is 70.7 Å². The van der Waals surface area contributed by atoms with Crippen molar-refractivity contribution in [1.82, 2.24) is 0 Å². The van der Waals surface area contributed by atoms with Crippen molar-refractivity contribution in [2.45, 2.75) is 61.4 Å². The maximum atomic E-state index is 13.0. The summed E-state index contributed by atoms with van der Waals surface area (Å²) in [7, 11) is 0. The lowest BCUT2D eigenvalue weighted by atomic mass is 10.0. The van der Waals surface area contributed by atoms with E-state index in [1.54, 1.807) is 11.8 Å². The fourth-order valence-electron chi connectivity index (χ4n) is 3.90. The Morgan fingerprint density at radius 3 is 1.63 bits per heavy atom. The summed E-state index contributed by atoms with van der Waals surface area (Å²) in [5, 5.41) is 3.03. The maximum Gasteiger partial charge on any atom is 0.247 e. The Bertz CT molecular complexity index is 853. The van der Waals surface area contributed by atoms with Crippen LogP contribution in [0.3, 0.4) is 0 Å². The van der Waals surface area contributed by atoms with Gasteiger partial charge >= 0.3 is 0 Å². The second-order valence-corrected chi connectivity index (χ2v) is 7.58. The van der Waals surface area contributed by atoms with E-state index in [0.29, 0.717) is 0 Å². The molecule has 4 nitrogen and oxygen atoms in total. The Kier molecular flexibility index (Phi) is 6.09. The van der Waals surface area contributed by atoms with Crippen molar-refractivity contribution in [1.29, 1.82) is 0 Å². The zero-order valence-electron chi connectivity index (χ0n) is 17.7. The van der Waals surface area contributed by atoms with E-state index < -0.39 is 6.04 Å². The van der Waals surface area contributed by atoms with Crippen LogP contribution in [0.2, 0.25) is 0 Å². The Morgan fingerprint density at radius 1 is 0.815 bits per heavy atom. The average Bonchev–Trinajstić information content (AvgIpc) is 2.52. The highest BCUT2D eigenvalue weighted by atomic mass is 16.2. The van der Waals surface area contributed by atoms with Crippen molar-refractivity contribution in [3.63, 3.8) is 0 Å². The third-order valence-electron chi connectivity index (χ3n) is 4.91. The summed E-state index contributed by atoms with van der Waals surface area (Å²) >= 11 is 0. The molecule has 0 saturated carbocycles. The lowest BCUT2D eigenvalue weighted by Gasteiger charge is -2.31. The third-order valence-corrected chi connectivity index (χ3v) is 4.91. The molecule has 144 valence electrons. The van der Waals surface area contributed by atoms with Crippen LogP contribution in [0.4, 0.5) is 11.4 Å². The molecule has 2 amide bonds. The zero-order valence-corrected chi connectivity index (χ0v) is 17.7. The molecule has 0 heterocycles. The summed E-state index contributed by atoms with van der Waals surface area (Å²) in [6.45, 7) is 15.3. The Labute approximate surface area is 162 Å². The summed E-state index contributed by atoms with van der Waals surface area (Å²) in [4.78, 5) is 27.1. The standard InChI is InChI=1S/C23H30N2O2/c1-13-9-15(3)21(16(4)10-13)24-23(27)19(7)25(20(8)26)22-17(5)11-14(2)12-18(22)6/h9-12,19H,1-8H3,(H,24,27). The minimum atomic E-state index is -0.622. The first-order chi connectivity index (χ1) is 12.5. The van der Waals surface area contributed by atoms with Crippen LogP contribution in [0.5, 0.6) is 0 Å². The highest BCUT2D eigenvalue weighted by Crippen LogP contribution is 2.29. The highest BCUT2D eigenvalue weighted by Gasteiger charge is 2.28. The molecule has 1 atom stereocenters. The first kappa shape index (κ1) is 20.7. The van der Waals surface area contributed by atoms with Crippen molar-refractivity contribution in [2.24, 2.45) is 0 Å². The monoisotopic (exact) mass is 366 g/mol. The van der Waals surface area contributed by atoms with Crippen molar-refractivity contribution in [3.05, 3.63) is 57.6 Å². The molecule has 2 aromatic rings. The van der Waals surface area contributed by atoms with Gasteiger partial charge in [0.05, 0.1) is 5.69 Å². The highest BCUT2D eigenvalue weighted by molar-refractivity contribution is 6.05. The van der Waals surface area contributed by atoms with Crippen LogP contribution in [-0.2, 0) is 9.59 Å². The number of rotatable bonds is 4. The van der Waals surface area contributed by atoms with Crippen LogP contribution in [0.1, 0.15) is 47.2 Å². The first-order valence-electron chi connectivity index (χ1n) is 9.29. The van der Waals surface area contributed by atoms with Crippen molar-refractivity contribution in [3.8, 4) is 0 Å². The van der Waals surface area contributed by atoms with Crippen molar-refractivity contribution < 1.29 is 9.59 Å². The molecular formula is C23H30N2O2. The Balaban J connectivity index is 2.40. The molecule has 2 rings (SSSR count). The fourth-order valence-corrected chi connectivity index (χ4v) is 3.90. The van der Waals surface area contributed by atoms with Crippen LogP contribution in [-0.4, -0.2) is 17.9 Å². The quantitative estimate of drug-likeness (QED) is 0.835. The van der Waals surface area contributed by atoms with E-state index in [9.17, 15) is 9.59 Å². The fraction of sp³-hybridized carbons (Fsp3) is 0.391. The minimum absolute atomic E-state index is 0.148. The number of carbonyl (C=O) groups excluding carboxylic acids is 2. The van der Waals surface area contributed by atoms with Crippen molar-refractivity contribution >= 4 is 23.2 Å². The van der Waals surface area contributed by atoms with Crippen LogP contribution in [0, 0.1) is 41.5 Å². The molecule has 0 bridgehead atoms. The van der Waals surface area contributed by atoms with E-state index in [1.807, 2.05) is 65.8 Å². The van der Waals surface area contributed by atoms with E-state index >= 15 is 0 Å². The van der Waals surface area contributed by atoms with Gasteiger partial charge in [-0.3, -0.25) is 14.5 Å².